The van der Waals surface area contributed by atoms with Gasteiger partial charge >= 0.3 is 0 Å². The summed E-state index contributed by atoms with van der Waals surface area (Å²) < 4.78 is 13.7. The van der Waals surface area contributed by atoms with E-state index in [1.165, 1.54) is 19.1 Å². The first-order chi connectivity index (χ1) is 12.5. The Hall–Kier alpha value is -3.62. The number of anilines is 2. The van der Waals surface area contributed by atoms with Crippen LogP contribution in [-0.2, 0) is 16.1 Å². The van der Waals surface area contributed by atoms with Crippen LogP contribution in [0.1, 0.15) is 6.92 Å². The molecular formula is C17H15FN6O2. The number of carbonyl (C=O) groups is 2. The zero-order chi connectivity index (χ0) is 18.5. The molecule has 0 spiro atoms. The molecule has 0 aliphatic rings. The van der Waals surface area contributed by atoms with Crippen molar-refractivity contribution >= 4 is 23.2 Å². The van der Waals surface area contributed by atoms with Gasteiger partial charge in [-0.15, -0.1) is 10.2 Å². The van der Waals surface area contributed by atoms with Crippen LogP contribution in [0.2, 0.25) is 0 Å². The zero-order valence-corrected chi connectivity index (χ0v) is 13.8. The maximum Gasteiger partial charge on any atom is 0.248 e. The van der Waals surface area contributed by atoms with Crippen LogP contribution in [0.15, 0.2) is 48.5 Å². The monoisotopic (exact) mass is 354 g/mol. The van der Waals surface area contributed by atoms with E-state index < -0.39 is 5.82 Å². The molecule has 2 N–H and O–H groups in total. The number of nitrogens with zero attached hydrogens (tertiary/aromatic N) is 4. The van der Waals surface area contributed by atoms with E-state index in [1.807, 2.05) is 0 Å². The number of tetrazole rings is 1. The fourth-order valence-electron chi connectivity index (χ4n) is 2.27. The number of halogens is 1. The standard InChI is InChI=1S/C17H15FN6O2/c1-11(25)19-12-5-4-6-13(9-12)20-16(26)10-24-22-17(21-23-24)14-7-2-3-8-15(14)18/h2-9H,10H2,1H3,(H,19,25)(H,20,26). The summed E-state index contributed by atoms with van der Waals surface area (Å²) in [6.45, 7) is 1.21. The van der Waals surface area contributed by atoms with Crippen molar-refractivity contribution in [3.05, 3.63) is 54.3 Å². The second-order valence-electron chi connectivity index (χ2n) is 5.43. The van der Waals surface area contributed by atoms with Crippen LogP contribution >= 0.6 is 0 Å². The number of hydrogen-bond donors (Lipinski definition) is 2. The fourth-order valence-corrected chi connectivity index (χ4v) is 2.27. The van der Waals surface area contributed by atoms with Crippen LogP contribution in [-0.4, -0.2) is 32.0 Å². The van der Waals surface area contributed by atoms with Gasteiger partial charge in [-0.1, -0.05) is 18.2 Å². The van der Waals surface area contributed by atoms with Gasteiger partial charge in [0.2, 0.25) is 17.6 Å². The van der Waals surface area contributed by atoms with E-state index in [0.717, 1.165) is 4.80 Å². The molecule has 8 nitrogen and oxygen atoms in total. The minimum Gasteiger partial charge on any atom is -0.326 e. The summed E-state index contributed by atoms with van der Waals surface area (Å²) in [4.78, 5) is 24.3. The first-order valence-electron chi connectivity index (χ1n) is 7.71. The van der Waals surface area contributed by atoms with E-state index in [2.05, 4.69) is 26.0 Å². The van der Waals surface area contributed by atoms with Crippen molar-refractivity contribution in [1.29, 1.82) is 0 Å². The van der Waals surface area contributed by atoms with Gasteiger partial charge < -0.3 is 10.6 Å². The van der Waals surface area contributed by atoms with E-state index in [9.17, 15) is 14.0 Å². The van der Waals surface area contributed by atoms with Crippen LogP contribution in [0.25, 0.3) is 11.4 Å². The maximum absolute atomic E-state index is 13.7. The third kappa shape index (κ3) is 4.26. The van der Waals surface area contributed by atoms with Gasteiger partial charge in [0.1, 0.15) is 12.4 Å². The lowest BCUT2D eigenvalue weighted by Crippen LogP contribution is -2.20. The Morgan fingerprint density at radius 3 is 2.54 bits per heavy atom. The number of amides is 2. The molecule has 1 heterocycles. The van der Waals surface area contributed by atoms with E-state index >= 15 is 0 Å². The molecule has 26 heavy (non-hydrogen) atoms. The highest BCUT2D eigenvalue weighted by atomic mass is 19.1. The number of nitrogens with one attached hydrogen (secondary N) is 2. The van der Waals surface area contributed by atoms with Crippen molar-refractivity contribution in [3.8, 4) is 11.4 Å². The lowest BCUT2D eigenvalue weighted by molar-refractivity contribution is -0.117. The molecule has 0 aliphatic carbocycles. The molecule has 0 saturated heterocycles. The number of rotatable bonds is 5. The number of aromatic nitrogens is 4. The molecular weight excluding hydrogens is 339 g/mol. The third-order valence-electron chi connectivity index (χ3n) is 3.32. The van der Waals surface area contributed by atoms with Crippen molar-refractivity contribution in [3.63, 3.8) is 0 Å². The number of hydrogen-bond acceptors (Lipinski definition) is 5. The highest BCUT2D eigenvalue weighted by Crippen LogP contribution is 2.17. The minimum absolute atomic E-state index is 0.101. The smallest absolute Gasteiger partial charge is 0.248 e. The maximum atomic E-state index is 13.7. The summed E-state index contributed by atoms with van der Waals surface area (Å²) in [5.74, 6) is -0.960. The summed E-state index contributed by atoms with van der Waals surface area (Å²) in [5, 5.41) is 16.8. The van der Waals surface area contributed by atoms with Gasteiger partial charge in [0.25, 0.3) is 0 Å². The highest BCUT2D eigenvalue weighted by molar-refractivity contribution is 5.93. The molecule has 0 saturated carbocycles. The van der Waals surface area contributed by atoms with Gasteiger partial charge in [0, 0.05) is 18.3 Å². The summed E-state index contributed by atoms with van der Waals surface area (Å²) in [5.41, 5.74) is 1.29. The second kappa shape index (κ2) is 7.51. The molecule has 9 heteroatoms. The molecule has 3 aromatic rings. The zero-order valence-electron chi connectivity index (χ0n) is 13.8. The first kappa shape index (κ1) is 17.2. The molecule has 0 bridgehead atoms. The molecule has 0 unspecified atom stereocenters. The molecule has 0 radical (unpaired) electrons. The Morgan fingerprint density at radius 2 is 1.81 bits per heavy atom. The summed E-state index contributed by atoms with van der Waals surface area (Å²) in [6, 6.07) is 12.8. The van der Waals surface area contributed by atoms with E-state index in [0.29, 0.717) is 11.4 Å². The molecule has 2 aromatic carbocycles. The van der Waals surface area contributed by atoms with Gasteiger partial charge in [-0.2, -0.15) is 4.80 Å². The van der Waals surface area contributed by atoms with Gasteiger partial charge in [-0.25, -0.2) is 4.39 Å². The number of carbonyl (C=O) groups excluding carboxylic acids is 2. The van der Waals surface area contributed by atoms with Crippen molar-refractivity contribution < 1.29 is 14.0 Å². The fraction of sp³-hybridized carbons (Fsp3) is 0.118. The van der Waals surface area contributed by atoms with Crippen LogP contribution in [0.3, 0.4) is 0 Å². The van der Waals surface area contributed by atoms with Gasteiger partial charge in [0.15, 0.2) is 0 Å². The Morgan fingerprint density at radius 1 is 1.08 bits per heavy atom. The Labute approximate surface area is 148 Å². The molecule has 2 amide bonds. The third-order valence-corrected chi connectivity index (χ3v) is 3.32. The van der Waals surface area contributed by atoms with Crippen LogP contribution < -0.4 is 10.6 Å². The Kier molecular flexibility index (Phi) is 4.97. The molecule has 0 aliphatic heterocycles. The quantitative estimate of drug-likeness (QED) is 0.730. The summed E-state index contributed by atoms with van der Waals surface area (Å²) in [7, 11) is 0. The Bertz CT molecular complexity index is 956. The largest absolute Gasteiger partial charge is 0.326 e. The van der Waals surface area contributed by atoms with E-state index in [4.69, 9.17) is 0 Å². The van der Waals surface area contributed by atoms with Crippen LogP contribution in [0.4, 0.5) is 15.8 Å². The predicted octanol–water partition coefficient (Wildman–Crippen LogP) is 2.08. The Balaban J connectivity index is 1.66. The second-order valence-corrected chi connectivity index (χ2v) is 5.43. The molecule has 3 rings (SSSR count). The van der Waals surface area contributed by atoms with E-state index in [1.54, 1.807) is 36.4 Å². The topological polar surface area (TPSA) is 102 Å². The molecule has 0 fully saturated rings. The summed E-state index contributed by atoms with van der Waals surface area (Å²) in [6.07, 6.45) is 0. The normalized spacial score (nSPS) is 10.4. The van der Waals surface area contributed by atoms with Crippen molar-refractivity contribution in [1.82, 2.24) is 20.2 Å². The van der Waals surface area contributed by atoms with Gasteiger partial charge in [0.05, 0.1) is 5.56 Å². The molecule has 0 atom stereocenters. The van der Waals surface area contributed by atoms with E-state index in [-0.39, 0.29) is 29.7 Å². The molecule has 1 aromatic heterocycles. The van der Waals surface area contributed by atoms with Gasteiger partial charge in [-0.05, 0) is 35.5 Å². The lowest BCUT2D eigenvalue weighted by atomic mass is 10.2. The first-order valence-corrected chi connectivity index (χ1v) is 7.71. The van der Waals surface area contributed by atoms with Crippen molar-refractivity contribution in [2.24, 2.45) is 0 Å². The lowest BCUT2D eigenvalue weighted by Gasteiger charge is -2.07. The number of benzene rings is 2. The van der Waals surface area contributed by atoms with Crippen molar-refractivity contribution in [2.75, 3.05) is 10.6 Å². The SMILES string of the molecule is CC(=O)Nc1cccc(NC(=O)Cn2nnc(-c3ccccc3F)n2)c1. The van der Waals surface area contributed by atoms with Crippen LogP contribution in [0, 0.1) is 5.82 Å². The summed E-state index contributed by atoms with van der Waals surface area (Å²) >= 11 is 0. The molecule has 132 valence electrons. The minimum atomic E-state index is -0.466. The van der Waals surface area contributed by atoms with Gasteiger partial charge in [-0.3, -0.25) is 9.59 Å². The van der Waals surface area contributed by atoms with Crippen LogP contribution in [0.5, 0.6) is 0 Å². The van der Waals surface area contributed by atoms with Crippen molar-refractivity contribution in [2.45, 2.75) is 13.5 Å². The average Bonchev–Trinajstić information content (AvgIpc) is 3.03. The predicted molar refractivity (Wildman–Crippen MR) is 92.6 cm³/mol. The highest BCUT2D eigenvalue weighted by Gasteiger charge is 2.12. The average molecular weight is 354 g/mol.